The van der Waals surface area contributed by atoms with Crippen LogP contribution in [-0.4, -0.2) is 17.7 Å². The molecule has 0 aliphatic heterocycles. The van der Waals surface area contributed by atoms with Crippen LogP contribution >= 0.6 is 0 Å². The van der Waals surface area contributed by atoms with Gasteiger partial charge in [-0.15, -0.1) is 0 Å². The number of nitrogens with one attached hydrogen (secondary N) is 1. The van der Waals surface area contributed by atoms with Crippen LogP contribution in [0, 0.1) is 5.92 Å². The van der Waals surface area contributed by atoms with Gasteiger partial charge >= 0.3 is 0 Å². The topological polar surface area (TPSA) is 32.3 Å². The Morgan fingerprint density at radius 3 is 2.60 bits per heavy atom. The molecule has 0 amide bonds. The number of fused-ring (bicyclic) bond motifs is 1. The van der Waals surface area contributed by atoms with Crippen LogP contribution in [-0.2, 0) is 0 Å². The Bertz CT molecular complexity index is 576. The van der Waals surface area contributed by atoms with Crippen LogP contribution in [0.5, 0.6) is 0 Å². The first-order valence-corrected chi connectivity index (χ1v) is 7.64. The van der Waals surface area contributed by atoms with E-state index >= 15 is 0 Å². The lowest BCUT2D eigenvalue weighted by Gasteiger charge is -2.32. The molecule has 2 N–H and O–H groups in total. The molecule has 2 nitrogen and oxygen atoms in total. The van der Waals surface area contributed by atoms with Crippen molar-refractivity contribution in [3.8, 4) is 0 Å². The Hall–Kier alpha value is -1.38. The summed E-state index contributed by atoms with van der Waals surface area (Å²) in [4.78, 5) is 0. The molecule has 1 fully saturated rings. The predicted molar refractivity (Wildman–Crippen MR) is 83.7 cm³/mol. The molecule has 2 aromatic rings. The summed E-state index contributed by atoms with van der Waals surface area (Å²) < 4.78 is 0. The lowest BCUT2D eigenvalue weighted by molar-refractivity contribution is 0.155. The average molecular weight is 269 g/mol. The third-order valence-corrected chi connectivity index (χ3v) is 4.65. The van der Waals surface area contributed by atoms with Gasteiger partial charge in [-0.05, 0) is 48.1 Å². The molecule has 0 aromatic heterocycles. The van der Waals surface area contributed by atoms with Gasteiger partial charge in [0.25, 0.3) is 0 Å². The van der Waals surface area contributed by atoms with Gasteiger partial charge in [0.15, 0.2) is 0 Å². The minimum absolute atomic E-state index is 0.429. The van der Waals surface area contributed by atoms with E-state index in [-0.39, 0.29) is 0 Å². The molecule has 2 heteroatoms. The Kier molecular flexibility index (Phi) is 4.04. The second-order valence-electron chi connectivity index (χ2n) is 6.01. The summed E-state index contributed by atoms with van der Waals surface area (Å²) in [6.45, 7) is 2.87. The highest BCUT2D eigenvalue weighted by molar-refractivity contribution is 5.83. The second-order valence-corrected chi connectivity index (χ2v) is 6.01. The first kappa shape index (κ1) is 13.6. The van der Waals surface area contributed by atoms with E-state index in [0.717, 1.165) is 11.5 Å². The molecule has 106 valence electrons. The Labute approximate surface area is 120 Å². The molecule has 1 aliphatic carbocycles. The van der Waals surface area contributed by atoms with Gasteiger partial charge < -0.3 is 10.4 Å². The van der Waals surface area contributed by atoms with E-state index in [1.165, 1.54) is 30.0 Å². The van der Waals surface area contributed by atoms with Crippen molar-refractivity contribution in [1.82, 2.24) is 5.32 Å². The van der Waals surface area contributed by atoms with Gasteiger partial charge in [0, 0.05) is 12.6 Å². The van der Waals surface area contributed by atoms with E-state index in [2.05, 4.69) is 36.5 Å². The van der Waals surface area contributed by atoms with Crippen LogP contribution in [0.4, 0.5) is 0 Å². The molecule has 0 heterocycles. The fourth-order valence-electron chi connectivity index (χ4n) is 2.94. The maximum absolute atomic E-state index is 10.3. The minimum Gasteiger partial charge on any atom is -0.387 e. The zero-order valence-corrected chi connectivity index (χ0v) is 12.0. The van der Waals surface area contributed by atoms with Gasteiger partial charge in [0.1, 0.15) is 0 Å². The van der Waals surface area contributed by atoms with E-state index in [9.17, 15) is 5.11 Å². The molecule has 0 saturated heterocycles. The van der Waals surface area contributed by atoms with Gasteiger partial charge in [-0.2, -0.15) is 0 Å². The van der Waals surface area contributed by atoms with Crippen molar-refractivity contribution >= 4 is 10.8 Å². The second kappa shape index (κ2) is 5.94. The molecule has 1 saturated carbocycles. The summed E-state index contributed by atoms with van der Waals surface area (Å²) in [5.41, 5.74) is 0.997. The maximum Gasteiger partial charge on any atom is 0.0914 e. The monoisotopic (exact) mass is 269 g/mol. The molecule has 20 heavy (non-hydrogen) atoms. The molecule has 1 aliphatic rings. The van der Waals surface area contributed by atoms with Crippen molar-refractivity contribution in [2.24, 2.45) is 5.92 Å². The van der Waals surface area contributed by atoms with Crippen molar-refractivity contribution in [3.63, 3.8) is 0 Å². The van der Waals surface area contributed by atoms with Crippen molar-refractivity contribution in [2.45, 2.75) is 38.3 Å². The van der Waals surface area contributed by atoms with E-state index in [4.69, 9.17) is 0 Å². The van der Waals surface area contributed by atoms with Gasteiger partial charge in [-0.1, -0.05) is 42.8 Å². The predicted octanol–water partition coefficient (Wildman–Crippen LogP) is 3.65. The molecule has 3 rings (SSSR count). The smallest absolute Gasteiger partial charge is 0.0914 e. The van der Waals surface area contributed by atoms with E-state index in [1.54, 1.807) is 0 Å². The summed E-state index contributed by atoms with van der Waals surface area (Å²) in [7, 11) is 0. The summed E-state index contributed by atoms with van der Waals surface area (Å²) in [5.74, 6) is 0.804. The third-order valence-electron chi connectivity index (χ3n) is 4.65. The Morgan fingerprint density at radius 1 is 1.15 bits per heavy atom. The quantitative estimate of drug-likeness (QED) is 0.868. The first-order chi connectivity index (χ1) is 9.74. The fourth-order valence-corrected chi connectivity index (χ4v) is 2.94. The van der Waals surface area contributed by atoms with Crippen LogP contribution in [0.2, 0.25) is 0 Å². The van der Waals surface area contributed by atoms with Crippen LogP contribution in [0.3, 0.4) is 0 Å². The number of hydrogen-bond acceptors (Lipinski definition) is 2. The third kappa shape index (κ3) is 2.87. The lowest BCUT2D eigenvalue weighted by Crippen LogP contribution is -2.39. The number of rotatable bonds is 5. The van der Waals surface area contributed by atoms with Crippen molar-refractivity contribution in [1.29, 1.82) is 0 Å². The van der Waals surface area contributed by atoms with Crippen molar-refractivity contribution in [3.05, 3.63) is 48.0 Å². The van der Waals surface area contributed by atoms with Crippen LogP contribution in [0.1, 0.15) is 37.9 Å². The minimum atomic E-state index is -0.429. The number of hydrogen-bond donors (Lipinski definition) is 2. The van der Waals surface area contributed by atoms with Gasteiger partial charge in [0.2, 0.25) is 0 Å². The molecular weight excluding hydrogens is 246 g/mol. The Morgan fingerprint density at radius 2 is 1.90 bits per heavy atom. The van der Waals surface area contributed by atoms with E-state index in [1.807, 2.05) is 18.2 Å². The summed E-state index contributed by atoms with van der Waals surface area (Å²) in [6.07, 6.45) is 3.60. The van der Waals surface area contributed by atoms with Gasteiger partial charge in [0.05, 0.1) is 6.10 Å². The van der Waals surface area contributed by atoms with Crippen molar-refractivity contribution in [2.75, 3.05) is 6.54 Å². The summed E-state index contributed by atoms with van der Waals surface area (Å²) >= 11 is 0. The van der Waals surface area contributed by atoms with Crippen molar-refractivity contribution < 1.29 is 5.11 Å². The molecule has 0 radical (unpaired) electrons. The van der Waals surface area contributed by atoms with Crippen LogP contribution in [0.25, 0.3) is 10.8 Å². The molecular formula is C18H23NO. The van der Waals surface area contributed by atoms with Gasteiger partial charge in [-0.3, -0.25) is 0 Å². The zero-order valence-electron chi connectivity index (χ0n) is 12.0. The van der Waals surface area contributed by atoms with E-state index < -0.39 is 6.10 Å². The number of aliphatic hydroxyl groups is 1. The normalized spacial score (nSPS) is 18.7. The number of benzene rings is 2. The van der Waals surface area contributed by atoms with E-state index in [0.29, 0.717) is 12.6 Å². The standard InChI is InChI=1S/C18H23NO/c1-13(14-7-4-8-14)19-12-18(20)17-10-9-15-5-2-3-6-16(15)11-17/h2-3,5-6,9-11,13-14,18-20H,4,7-8,12H2,1H3. The zero-order chi connectivity index (χ0) is 13.9. The molecule has 0 bridgehead atoms. The SMILES string of the molecule is CC(NCC(O)c1ccc2ccccc2c1)C1CCC1. The highest BCUT2D eigenvalue weighted by Gasteiger charge is 2.23. The van der Waals surface area contributed by atoms with Crippen LogP contribution < -0.4 is 5.32 Å². The first-order valence-electron chi connectivity index (χ1n) is 7.64. The largest absolute Gasteiger partial charge is 0.387 e. The van der Waals surface area contributed by atoms with Crippen LogP contribution in [0.15, 0.2) is 42.5 Å². The molecule has 2 atom stereocenters. The fraction of sp³-hybridized carbons (Fsp3) is 0.444. The average Bonchev–Trinajstić information content (AvgIpc) is 2.42. The number of aliphatic hydroxyl groups excluding tert-OH is 1. The molecule has 2 unspecified atom stereocenters. The maximum atomic E-state index is 10.3. The molecule has 2 aromatic carbocycles. The summed E-state index contributed by atoms with van der Waals surface area (Å²) in [6, 6.07) is 15.0. The highest BCUT2D eigenvalue weighted by Crippen LogP contribution is 2.29. The molecule has 0 spiro atoms. The van der Waals surface area contributed by atoms with Gasteiger partial charge in [-0.25, -0.2) is 0 Å². The highest BCUT2D eigenvalue weighted by atomic mass is 16.3. The summed E-state index contributed by atoms with van der Waals surface area (Å²) in [5, 5.41) is 16.2. The lowest BCUT2D eigenvalue weighted by atomic mass is 9.80. The Balaban J connectivity index is 1.64.